The fourth-order valence-electron chi connectivity index (χ4n) is 2.88. The minimum absolute atomic E-state index is 0.292. The molecule has 1 aliphatic rings. The van der Waals surface area contributed by atoms with Crippen LogP contribution >= 0.6 is 11.6 Å². The molecular formula is C16H21ClN4O2. The molecule has 1 aromatic heterocycles. The Hall–Kier alpha value is -1.79. The van der Waals surface area contributed by atoms with Crippen LogP contribution in [0.3, 0.4) is 0 Å². The minimum Gasteiger partial charge on any atom is -0.493 e. The molecule has 3 rings (SSSR count). The number of halogens is 1. The van der Waals surface area contributed by atoms with Gasteiger partial charge >= 0.3 is 0 Å². The monoisotopic (exact) mass is 336 g/mol. The third kappa shape index (κ3) is 3.28. The Kier molecular flexibility index (Phi) is 4.73. The number of benzene rings is 1. The van der Waals surface area contributed by atoms with Gasteiger partial charge in [0, 0.05) is 29.6 Å². The molecule has 0 unspecified atom stereocenters. The second-order valence-corrected chi connectivity index (χ2v) is 6.17. The van der Waals surface area contributed by atoms with Gasteiger partial charge in [-0.05, 0) is 31.9 Å². The molecule has 2 aromatic rings. The number of aromatic nitrogens is 3. The van der Waals surface area contributed by atoms with Crippen molar-refractivity contribution in [2.45, 2.75) is 44.9 Å². The second kappa shape index (κ2) is 6.76. The average Bonchev–Trinajstić information content (AvgIpc) is 2.92. The maximum atomic E-state index is 5.96. The lowest BCUT2D eigenvalue weighted by atomic mass is 9.80. The molecule has 0 aliphatic heterocycles. The van der Waals surface area contributed by atoms with Crippen molar-refractivity contribution in [2.24, 2.45) is 5.73 Å². The van der Waals surface area contributed by atoms with Crippen LogP contribution in [0.25, 0.3) is 0 Å². The Bertz CT molecular complexity index is 683. The highest BCUT2D eigenvalue weighted by molar-refractivity contribution is 6.30. The van der Waals surface area contributed by atoms with E-state index in [1.54, 1.807) is 25.3 Å². The molecular weight excluding hydrogens is 316 g/mol. The summed E-state index contributed by atoms with van der Waals surface area (Å²) in [5, 5.41) is 9.23. The summed E-state index contributed by atoms with van der Waals surface area (Å²) in [7, 11) is 1.59. The zero-order valence-electron chi connectivity index (χ0n) is 13.3. The quantitative estimate of drug-likeness (QED) is 0.877. The lowest BCUT2D eigenvalue weighted by Gasteiger charge is -2.31. The molecule has 124 valence electrons. The first kappa shape index (κ1) is 16.1. The SMILES string of the molecule is CCn1c(COc2ccc(Cl)cc2OC)nnc1C1CC(N)C1. The Morgan fingerprint density at radius 1 is 1.30 bits per heavy atom. The van der Waals surface area contributed by atoms with E-state index >= 15 is 0 Å². The molecule has 0 spiro atoms. The van der Waals surface area contributed by atoms with E-state index in [0.717, 1.165) is 31.0 Å². The van der Waals surface area contributed by atoms with Gasteiger partial charge in [0.1, 0.15) is 12.4 Å². The number of rotatable bonds is 6. The van der Waals surface area contributed by atoms with Crippen molar-refractivity contribution >= 4 is 11.6 Å². The first-order valence-corrected chi connectivity index (χ1v) is 8.14. The highest BCUT2D eigenvalue weighted by Gasteiger charge is 2.32. The highest BCUT2D eigenvalue weighted by Crippen LogP contribution is 2.35. The molecule has 23 heavy (non-hydrogen) atoms. The van der Waals surface area contributed by atoms with Crippen LogP contribution in [0.1, 0.15) is 37.3 Å². The van der Waals surface area contributed by atoms with Gasteiger partial charge in [-0.25, -0.2) is 0 Å². The first-order chi connectivity index (χ1) is 11.1. The van der Waals surface area contributed by atoms with E-state index in [1.165, 1.54) is 0 Å². The molecule has 0 bridgehead atoms. The predicted octanol–water partition coefficient (Wildman–Crippen LogP) is 2.74. The van der Waals surface area contributed by atoms with Crippen molar-refractivity contribution in [1.82, 2.24) is 14.8 Å². The molecule has 1 heterocycles. The predicted molar refractivity (Wildman–Crippen MR) is 88.0 cm³/mol. The Balaban J connectivity index is 1.73. The van der Waals surface area contributed by atoms with Gasteiger partial charge in [0.2, 0.25) is 0 Å². The van der Waals surface area contributed by atoms with Crippen LogP contribution in [0, 0.1) is 0 Å². The van der Waals surface area contributed by atoms with E-state index in [9.17, 15) is 0 Å². The topological polar surface area (TPSA) is 75.2 Å². The van der Waals surface area contributed by atoms with Crippen molar-refractivity contribution in [1.29, 1.82) is 0 Å². The van der Waals surface area contributed by atoms with Gasteiger partial charge < -0.3 is 19.8 Å². The number of hydrogen-bond acceptors (Lipinski definition) is 5. The smallest absolute Gasteiger partial charge is 0.171 e. The molecule has 0 radical (unpaired) electrons. The van der Waals surface area contributed by atoms with E-state index in [1.807, 2.05) is 0 Å². The molecule has 1 saturated carbocycles. The summed E-state index contributed by atoms with van der Waals surface area (Å²) in [5.74, 6) is 3.46. The van der Waals surface area contributed by atoms with Gasteiger partial charge in [-0.15, -0.1) is 10.2 Å². The van der Waals surface area contributed by atoms with Gasteiger partial charge in [0.25, 0.3) is 0 Å². The standard InChI is InChI=1S/C16H21ClN4O2/c1-3-21-15(19-20-16(21)10-6-12(18)7-10)9-23-13-5-4-11(17)8-14(13)22-2/h4-5,8,10,12H,3,6-7,9,18H2,1-2H3. The molecule has 1 aromatic carbocycles. The van der Waals surface area contributed by atoms with Crippen molar-refractivity contribution in [3.63, 3.8) is 0 Å². The summed E-state index contributed by atoms with van der Waals surface area (Å²) in [6.07, 6.45) is 1.95. The van der Waals surface area contributed by atoms with E-state index in [-0.39, 0.29) is 0 Å². The minimum atomic E-state index is 0.292. The van der Waals surface area contributed by atoms with Crippen molar-refractivity contribution in [3.8, 4) is 11.5 Å². The second-order valence-electron chi connectivity index (χ2n) is 5.73. The molecule has 7 heteroatoms. The molecule has 1 aliphatic carbocycles. The molecule has 6 nitrogen and oxygen atoms in total. The van der Waals surface area contributed by atoms with Crippen LogP contribution in [0.4, 0.5) is 0 Å². The lowest BCUT2D eigenvalue weighted by molar-refractivity contribution is 0.269. The van der Waals surface area contributed by atoms with E-state index < -0.39 is 0 Å². The third-order valence-electron chi connectivity index (χ3n) is 4.19. The van der Waals surface area contributed by atoms with E-state index in [2.05, 4.69) is 21.7 Å². The summed E-state index contributed by atoms with van der Waals surface area (Å²) < 4.78 is 13.2. The van der Waals surface area contributed by atoms with Crippen molar-refractivity contribution in [3.05, 3.63) is 34.9 Å². The van der Waals surface area contributed by atoms with E-state index in [4.69, 9.17) is 26.8 Å². The Morgan fingerprint density at radius 2 is 2.09 bits per heavy atom. The number of methoxy groups -OCH3 is 1. The number of nitrogens with zero attached hydrogens (tertiary/aromatic N) is 3. The number of hydrogen-bond donors (Lipinski definition) is 1. The van der Waals surface area contributed by atoms with Crippen LogP contribution in [-0.4, -0.2) is 27.9 Å². The van der Waals surface area contributed by atoms with Gasteiger partial charge in [-0.3, -0.25) is 0 Å². The zero-order chi connectivity index (χ0) is 16.4. The van der Waals surface area contributed by atoms with Crippen molar-refractivity contribution in [2.75, 3.05) is 7.11 Å². The van der Waals surface area contributed by atoms with E-state index in [0.29, 0.717) is 35.1 Å². The lowest BCUT2D eigenvalue weighted by Crippen LogP contribution is -2.36. The molecule has 0 atom stereocenters. The van der Waals surface area contributed by atoms with Gasteiger partial charge in [-0.1, -0.05) is 11.6 Å². The van der Waals surface area contributed by atoms with Crippen LogP contribution in [0.15, 0.2) is 18.2 Å². The molecule has 0 saturated heterocycles. The summed E-state index contributed by atoms with van der Waals surface area (Å²) in [6.45, 7) is 3.22. The zero-order valence-corrected chi connectivity index (χ0v) is 14.1. The molecule has 1 fully saturated rings. The fourth-order valence-corrected chi connectivity index (χ4v) is 3.04. The highest BCUT2D eigenvalue weighted by atomic mass is 35.5. The van der Waals surface area contributed by atoms with Crippen molar-refractivity contribution < 1.29 is 9.47 Å². The fraction of sp³-hybridized carbons (Fsp3) is 0.500. The Labute approximate surface area is 140 Å². The van der Waals surface area contributed by atoms with Crippen LogP contribution < -0.4 is 15.2 Å². The van der Waals surface area contributed by atoms with Crippen LogP contribution in [0.5, 0.6) is 11.5 Å². The van der Waals surface area contributed by atoms with Gasteiger partial charge in [0.15, 0.2) is 17.3 Å². The third-order valence-corrected chi connectivity index (χ3v) is 4.43. The van der Waals surface area contributed by atoms with Gasteiger partial charge in [-0.2, -0.15) is 0 Å². The molecule has 2 N–H and O–H groups in total. The normalized spacial score (nSPS) is 20.2. The van der Waals surface area contributed by atoms with Crippen LogP contribution in [-0.2, 0) is 13.2 Å². The summed E-state index contributed by atoms with van der Waals surface area (Å²) in [6, 6.07) is 5.58. The maximum Gasteiger partial charge on any atom is 0.171 e. The number of ether oxygens (including phenoxy) is 2. The maximum absolute atomic E-state index is 5.96. The van der Waals surface area contributed by atoms with Gasteiger partial charge in [0.05, 0.1) is 7.11 Å². The van der Waals surface area contributed by atoms with Crippen LogP contribution in [0.2, 0.25) is 5.02 Å². The number of nitrogens with two attached hydrogens (primary N) is 1. The average molecular weight is 337 g/mol. The first-order valence-electron chi connectivity index (χ1n) is 7.76. The largest absolute Gasteiger partial charge is 0.493 e. The Morgan fingerprint density at radius 3 is 2.74 bits per heavy atom. The summed E-state index contributed by atoms with van der Waals surface area (Å²) in [4.78, 5) is 0. The summed E-state index contributed by atoms with van der Waals surface area (Å²) in [5.41, 5.74) is 5.88. The summed E-state index contributed by atoms with van der Waals surface area (Å²) >= 11 is 5.96. The molecule has 0 amide bonds.